The van der Waals surface area contributed by atoms with Crippen LogP contribution in [-0.4, -0.2) is 25.8 Å². The van der Waals surface area contributed by atoms with E-state index in [1.54, 1.807) is 18.3 Å². The zero-order valence-corrected chi connectivity index (χ0v) is 11.5. The van der Waals surface area contributed by atoms with Crippen molar-refractivity contribution in [2.75, 3.05) is 5.32 Å². The molecule has 0 aliphatic rings. The first-order valence-corrected chi connectivity index (χ1v) is 6.41. The molecule has 8 heteroatoms. The number of carbonyl (C=O) groups is 1. The maximum Gasteiger partial charge on any atom is 0.278 e. The van der Waals surface area contributed by atoms with E-state index in [0.29, 0.717) is 11.3 Å². The molecule has 2 aromatic heterocycles. The second kappa shape index (κ2) is 5.24. The first kappa shape index (κ1) is 13.7. The minimum absolute atomic E-state index is 0.0894. The monoisotopic (exact) mass is 297 g/mol. The van der Waals surface area contributed by atoms with Gasteiger partial charge < -0.3 is 4.98 Å². The Kier molecular flexibility index (Phi) is 3.26. The predicted molar refractivity (Wildman–Crippen MR) is 79.7 cm³/mol. The van der Waals surface area contributed by atoms with Crippen LogP contribution in [0.1, 0.15) is 16.1 Å². The van der Waals surface area contributed by atoms with E-state index in [1.165, 1.54) is 18.3 Å². The predicted octanol–water partition coefficient (Wildman–Crippen LogP) is 2.43. The van der Waals surface area contributed by atoms with Gasteiger partial charge in [0, 0.05) is 24.2 Å². The van der Waals surface area contributed by atoms with Gasteiger partial charge in [0.25, 0.3) is 11.6 Å². The number of hydrogen-bond donors (Lipinski definition) is 2. The molecule has 0 aliphatic carbocycles. The molecule has 3 rings (SSSR count). The van der Waals surface area contributed by atoms with E-state index < -0.39 is 10.8 Å². The number of aromatic amines is 1. The summed E-state index contributed by atoms with van der Waals surface area (Å²) in [6, 6.07) is 5.84. The average Bonchev–Trinajstić information content (AvgIpc) is 2.90. The molecule has 2 heterocycles. The molecule has 0 spiro atoms. The molecular weight excluding hydrogens is 286 g/mol. The largest absolute Gasteiger partial charge is 0.328 e. The standard InChI is InChI=1S/C14H11N5O3/c1-8-7-16-14(17-8)18-13(20)10-4-5-11(19(21)22)9-3-2-6-15-12(9)10/h2-7H,1H3,(H2,16,17,18,20). The Balaban J connectivity index is 2.06. The van der Waals surface area contributed by atoms with Crippen molar-refractivity contribution in [2.45, 2.75) is 6.92 Å². The fourth-order valence-corrected chi connectivity index (χ4v) is 2.15. The first-order chi connectivity index (χ1) is 10.6. The maximum atomic E-state index is 12.3. The highest BCUT2D eigenvalue weighted by Crippen LogP contribution is 2.27. The number of anilines is 1. The number of nitrogens with zero attached hydrogens (tertiary/aromatic N) is 3. The maximum absolute atomic E-state index is 12.3. The third-order valence-corrected chi connectivity index (χ3v) is 3.12. The summed E-state index contributed by atoms with van der Waals surface area (Å²) in [4.78, 5) is 33.9. The van der Waals surface area contributed by atoms with Crippen molar-refractivity contribution in [3.63, 3.8) is 0 Å². The zero-order valence-electron chi connectivity index (χ0n) is 11.5. The van der Waals surface area contributed by atoms with Crippen LogP contribution in [0.15, 0.2) is 36.7 Å². The Morgan fingerprint density at radius 2 is 2.14 bits per heavy atom. The minimum atomic E-state index is -0.498. The molecule has 110 valence electrons. The summed E-state index contributed by atoms with van der Waals surface area (Å²) in [5.41, 5.74) is 1.24. The summed E-state index contributed by atoms with van der Waals surface area (Å²) in [6.07, 6.45) is 3.07. The van der Waals surface area contributed by atoms with Gasteiger partial charge in [0.2, 0.25) is 5.95 Å². The van der Waals surface area contributed by atoms with Crippen molar-refractivity contribution >= 4 is 28.4 Å². The Morgan fingerprint density at radius 1 is 1.32 bits per heavy atom. The highest BCUT2D eigenvalue weighted by atomic mass is 16.6. The summed E-state index contributed by atoms with van der Waals surface area (Å²) >= 11 is 0. The zero-order chi connectivity index (χ0) is 15.7. The van der Waals surface area contributed by atoms with Crippen LogP contribution >= 0.6 is 0 Å². The Labute approximate surface area is 124 Å². The van der Waals surface area contributed by atoms with Crippen LogP contribution in [0.2, 0.25) is 0 Å². The van der Waals surface area contributed by atoms with Crippen LogP contribution in [0.4, 0.5) is 11.6 Å². The number of pyridine rings is 1. The molecule has 0 unspecified atom stereocenters. The van der Waals surface area contributed by atoms with Gasteiger partial charge in [-0.25, -0.2) is 4.98 Å². The third kappa shape index (κ3) is 2.37. The van der Waals surface area contributed by atoms with Crippen molar-refractivity contribution in [3.8, 4) is 0 Å². The number of H-pyrrole nitrogens is 1. The second-order valence-electron chi connectivity index (χ2n) is 4.66. The second-order valence-corrected chi connectivity index (χ2v) is 4.66. The number of hydrogen-bond acceptors (Lipinski definition) is 5. The molecular formula is C14H11N5O3. The van der Waals surface area contributed by atoms with E-state index in [4.69, 9.17) is 0 Å². The number of rotatable bonds is 3. The summed E-state index contributed by atoms with van der Waals surface area (Å²) in [6.45, 7) is 1.81. The lowest BCUT2D eigenvalue weighted by Crippen LogP contribution is -2.14. The van der Waals surface area contributed by atoms with E-state index >= 15 is 0 Å². The number of nitrogens with one attached hydrogen (secondary N) is 2. The molecule has 3 aromatic rings. The van der Waals surface area contributed by atoms with Crippen molar-refractivity contribution in [2.24, 2.45) is 0 Å². The highest BCUT2D eigenvalue weighted by molar-refractivity contribution is 6.12. The van der Waals surface area contributed by atoms with Gasteiger partial charge >= 0.3 is 0 Å². The van der Waals surface area contributed by atoms with Crippen molar-refractivity contribution in [1.82, 2.24) is 15.0 Å². The molecule has 1 amide bonds. The van der Waals surface area contributed by atoms with E-state index in [9.17, 15) is 14.9 Å². The average molecular weight is 297 g/mol. The number of aromatic nitrogens is 3. The quantitative estimate of drug-likeness (QED) is 0.569. The summed E-state index contributed by atoms with van der Waals surface area (Å²) < 4.78 is 0. The van der Waals surface area contributed by atoms with Gasteiger partial charge in [-0.05, 0) is 25.1 Å². The van der Waals surface area contributed by atoms with Gasteiger partial charge in [0.15, 0.2) is 0 Å². The van der Waals surface area contributed by atoms with Crippen molar-refractivity contribution < 1.29 is 9.72 Å². The van der Waals surface area contributed by atoms with E-state index in [1.807, 2.05) is 6.92 Å². The van der Waals surface area contributed by atoms with Crippen molar-refractivity contribution in [1.29, 1.82) is 0 Å². The van der Waals surface area contributed by atoms with Crippen LogP contribution in [0.5, 0.6) is 0 Å². The molecule has 22 heavy (non-hydrogen) atoms. The molecule has 0 atom stereocenters. The SMILES string of the molecule is Cc1cnc(NC(=O)c2ccc([N+](=O)[O-])c3cccnc23)[nH]1. The normalized spacial score (nSPS) is 10.6. The van der Waals surface area contributed by atoms with Gasteiger partial charge in [0.1, 0.15) is 0 Å². The van der Waals surface area contributed by atoms with Crippen LogP contribution in [-0.2, 0) is 0 Å². The van der Waals surface area contributed by atoms with Crippen LogP contribution in [0.3, 0.4) is 0 Å². The fraction of sp³-hybridized carbons (Fsp3) is 0.0714. The molecule has 0 saturated carbocycles. The van der Waals surface area contributed by atoms with E-state index in [0.717, 1.165) is 5.69 Å². The van der Waals surface area contributed by atoms with Crippen LogP contribution in [0.25, 0.3) is 10.9 Å². The van der Waals surface area contributed by atoms with Crippen molar-refractivity contribution in [3.05, 3.63) is 58.0 Å². The van der Waals surface area contributed by atoms with Gasteiger partial charge in [0.05, 0.1) is 21.4 Å². The summed E-state index contributed by atoms with van der Waals surface area (Å²) in [7, 11) is 0. The highest BCUT2D eigenvalue weighted by Gasteiger charge is 2.19. The first-order valence-electron chi connectivity index (χ1n) is 6.41. The number of fused-ring (bicyclic) bond motifs is 1. The molecule has 1 aromatic carbocycles. The number of non-ortho nitro benzene ring substituents is 1. The van der Waals surface area contributed by atoms with E-state index in [2.05, 4.69) is 20.3 Å². The van der Waals surface area contributed by atoms with Gasteiger partial charge in [-0.15, -0.1) is 0 Å². The molecule has 0 bridgehead atoms. The number of aryl methyl sites for hydroxylation is 1. The number of amides is 1. The van der Waals surface area contributed by atoms with Gasteiger partial charge in [-0.1, -0.05) is 0 Å². The molecule has 0 fully saturated rings. The Morgan fingerprint density at radius 3 is 2.82 bits per heavy atom. The molecule has 2 N–H and O–H groups in total. The van der Waals surface area contributed by atoms with Crippen LogP contribution < -0.4 is 5.32 Å². The lowest BCUT2D eigenvalue weighted by molar-refractivity contribution is -0.383. The summed E-state index contributed by atoms with van der Waals surface area (Å²) in [5, 5.41) is 14.0. The Bertz CT molecular complexity index is 887. The van der Waals surface area contributed by atoms with E-state index in [-0.39, 0.29) is 16.8 Å². The third-order valence-electron chi connectivity index (χ3n) is 3.12. The lowest BCUT2D eigenvalue weighted by Gasteiger charge is -2.06. The molecule has 0 saturated heterocycles. The number of imidazole rings is 1. The smallest absolute Gasteiger partial charge is 0.278 e. The molecule has 0 aliphatic heterocycles. The van der Waals surface area contributed by atoms with Gasteiger partial charge in [-0.3, -0.25) is 25.2 Å². The topological polar surface area (TPSA) is 114 Å². The van der Waals surface area contributed by atoms with Gasteiger partial charge in [-0.2, -0.15) is 0 Å². The number of nitro groups is 1. The number of nitro benzene ring substituents is 1. The fourth-order valence-electron chi connectivity index (χ4n) is 2.15. The summed E-state index contributed by atoms with van der Waals surface area (Å²) in [5.74, 6) is -0.127. The number of benzene rings is 1. The molecule has 0 radical (unpaired) electrons. The van der Waals surface area contributed by atoms with Crippen LogP contribution in [0, 0.1) is 17.0 Å². The number of carbonyl (C=O) groups excluding carboxylic acids is 1. The Hall–Kier alpha value is -3.29. The minimum Gasteiger partial charge on any atom is -0.328 e. The lowest BCUT2D eigenvalue weighted by atomic mass is 10.1. The molecule has 8 nitrogen and oxygen atoms in total.